The minimum absolute atomic E-state index is 0.00834. The van der Waals surface area contributed by atoms with Crippen molar-refractivity contribution >= 4 is 5.91 Å². The second kappa shape index (κ2) is 6.17. The lowest BCUT2D eigenvalue weighted by molar-refractivity contribution is -0.142. The second-order valence-corrected chi connectivity index (χ2v) is 5.15. The van der Waals surface area contributed by atoms with E-state index in [0.29, 0.717) is 12.6 Å². The van der Waals surface area contributed by atoms with E-state index in [1.54, 1.807) is 0 Å². The highest BCUT2D eigenvalue weighted by molar-refractivity contribution is 5.81. The van der Waals surface area contributed by atoms with Crippen LogP contribution in [0.25, 0.3) is 0 Å². The fraction of sp³-hybridized carbons (Fsp3) is 0.533. The maximum atomic E-state index is 12.4. The summed E-state index contributed by atoms with van der Waals surface area (Å²) in [6.45, 7) is 2.93. The fourth-order valence-corrected chi connectivity index (χ4v) is 2.26. The molecule has 4 heteroatoms. The number of carbonyl (C=O) groups excluding carboxylic acids is 1. The van der Waals surface area contributed by atoms with Gasteiger partial charge in [-0.2, -0.15) is 0 Å². The molecule has 104 valence electrons. The highest BCUT2D eigenvalue weighted by Crippen LogP contribution is 2.29. The van der Waals surface area contributed by atoms with Gasteiger partial charge < -0.3 is 15.4 Å². The molecule has 1 fully saturated rings. The molecule has 1 unspecified atom stereocenters. The molecule has 0 aliphatic heterocycles. The Morgan fingerprint density at radius 3 is 2.79 bits per heavy atom. The van der Waals surface area contributed by atoms with Crippen LogP contribution >= 0.6 is 0 Å². The normalized spacial score (nSPS) is 16.2. The number of rotatable bonds is 6. The molecule has 1 saturated carbocycles. The lowest BCUT2D eigenvalue weighted by Crippen LogP contribution is -2.44. The van der Waals surface area contributed by atoms with Crippen molar-refractivity contribution in [3.63, 3.8) is 0 Å². The summed E-state index contributed by atoms with van der Waals surface area (Å²) in [7, 11) is 1.53. The quantitative estimate of drug-likeness (QED) is 0.844. The summed E-state index contributed by atoms with van der Waals surface area (Å²) in [5, 5.41) is 0. The molecule has 0 saturated heterocycles. The van der Waals surface area contributed by atoms with Gasteiger partial charge in [-0.25, -0.2) is 0 Å². The molecule has 1 aliphatic rings. The van der Waals surface area contributed by atoms with Crippen molar-refractivity contribution in [3.8, 4) is 0 Å². The Labute approximate surface area is 114 Å². The molecular formula is C15H22N2O2. The molecule has 0 radical (unpaired) electrons. The Hall–Kier alpha value is -1.39. The van der Waals surface area contributed by atoms with Gasteiger partial charge in [0.1, 0.15) is 6.10 Å². The molecule has 1 amide bonds. The molecule has 19 heavy (non-hydrogen) atoms. The molecule has 2 N–H and O–H groups in total. The zero-order chi connectivity index (χ0) is 13.8. The van der Waals surface area contributed by atoms with E-state index in [1.165, 1.54) is 12.7 Å². The lowest BCUT2D eigenvalue weighted by atomic mass is 10.1. The summed E-state index contributed by atoms with van der Waals surface area (Å²) < 4.78 is 5.17. The van der Waals surface area contributed by atoms with Gasteiger partial charge >= 0.3 is 0 Å². The third-order valence-corrected chi connectivity index (χ3v) is 3.48. The van der Waals surface area contributed by atoms with E-state index in [9.17, 15) is 4.79 Å². The van der Waals surface area contributed by atoms with Gasteiger partial charge in [-0.3, -0.25) is 4.79 Å². The number of benzene rings is 1. The van der Waals surface area contributed by atoms with Crippen LogP contribution in [0.2, 0.25) is 0 Å². The van der Waals surface area contributed by atoms with Crippen molar-refractivity contribution in [1.29, 1.82) is 0 Å². The van der Waals surface area contributed by atoms with E-state index < -0.39 is 6.10 Å². The number of amides is 1. The van der Waals surface area contributed by atoms with E-state index in [4.69, 9.17) is 10.5 Å². The molecule has 0 bridgehead atoms. The third-order valence-electron chi connectivity index (χ3n) is 3.48. The number of nitrogens with two attached hydrogens (primary N) is 1. The zero-order valence-corrected chi connectivity index (χ0v) is 11.6. The summed E-state index contributed by atoms with van der Waals surface area (Å²) >= 11 is 0. The standard InChI is InChI=1S/C15H22N2O2/c1-11-4-3-5-12(8-11)10-17(13-6-7-13)15(18)14(9-16)19-2/h3-5,8,13-14H,6-7,9-10,16H2,1-2H3. The topological polar surface area (TPSA) is 55.6 Å². The summed E-state index contributed by atoms with van der Waals surface area (Å²) in [6, 6.07) is 8.62. The van der Waals surface area contributed by atoms with Crippen molar-refractivity contribution < 1.29 is 9.53 Å². The van der Waals surface area contributed by atoms with Crippen LogP contribution in [0.5, 0.6) is 0 Å². The minimum Gasteiger partial charge on any atom is -0.370 e. The average Bonchev–Trinajstić information content (AvgIpc) is 3.21. The fourth-order valence-electron chi connectivity index (χ4n) is 2.26. The molecule has 2 rings (SSSR count). The molecular weight excluding hydrogens is 240 g/mol. The number of aryl methyl sites for hydroxylation is 1. The van der Waals surface area contributed by atoms with Crippen LogP contribution in [0.4, 0.5) is 0 Å². The van der Waals surface area contributed by atoms with E-state index in [2.05, 4.69) is 25.1 Å². The number of nitrogens with zero attached hydrogens (tertiary/aromatic N) is 1. The summed E-state index contributed by atoms with van der Waals surface area (Å²) in [5.74, 6) is 0.00834. The molecule has 0 spiro atoms. The van der Waals surface area contributed by atoms with Gasteiger partial charge in [-0.05, 0) is 25.3 Å². The van der Waals surface area contributed by atoms with Gasteiger partial charge in [-0.15, -0.1) is 0 Å². The Balaban J connectivity index is 2.10. The average molecular weight is 262 g/mol. The maximum absolute atomic E-state index is 12.4. The SMILES string of the molecule is COC(CN)C(=O)N(Cc1cccc(C)c1)C1CC1. The van der Waals surface area contributed by atoms with Crippen LogP contribution < -0.4 is 5.73 Å². The van der Waals surface area contributed by atoms with Crippen molar-refractivity contribution in [2.75, 3.05) is 13.7 Å². The number of carbonyl (C=O) groups is 1. The van der Waals surface area contributed by atoms with E-state index in [1.807, 2.05) is 11.0 Å². The summed E-state index contributed by atoms with van der Waals surface area (Å²) in [4.78, 5) is 14.3. The van der Waals surface area contributed by atoms with Crippen LogP contribution in [0.3, 0.4) is 0 Å². The zero-order valence-electron chi connectivity index (χ0n) is 11.6. The van der Waals surface area contributed by atoms with Gasteiger partial charge in [0.15, 0.2) is 0 Å². The number of methoxy groups -OCH3 is 1. The van der Waals surface area contributed by atoms with E-state index in [0.717, 1.165) is 18.4 Å². The first-order valence-corrected chi connectivity index (χ1v) is 6.74. The van der Waals surface area contributed by atoms with Crippen molar-refractivity contribution in [3.05, 3.63) is 35.4 Å². The van der Waals surface area contributed by atoms with Gasteiger partial charge in [0.05, 0.1) is 0 Å². The number of ether oxygens (including phenoxy) is 1. The van der Waals surface area contributed by atoms with Crippen molar-refractivity contribution in [2.24, 2.45) is 5.73 Å². The first-order chi connectivity index (χ1) is 9.15. The van der Waals surface area contributed by atoms with Crippen LogP contribution in [-0.4, -0.2) is 36.6 Å². The molecule has 1 aromatic rings. The number of hydrogen-bond donors (Lipinski definition) is 1. The minimum atomic E-state index is -0.523. The Morgan fingerprint density at radius 2 is 2.26 bits per heavy atom. The Bertz CT molecular complexity index is 440. The maximum Gasteiger partial charge on any atom is 0.253 e. The second-order valence-electron chi connectivity index (χ2n) is 5.15. The Kier molecular flexibility index (Phi) is 4.56. The summed E-state index contributed by atoms with van der Waals surface area (Å²) in [5.41, 5.74) is 7.96. The molecule has 4 nitrogen and oxygen atoms in total. The predicted octanol–water partition coefficient (Wildman–Crippen LogP) is 1.46. The first kappa shape index (κ1) is 14.0. The van der Waals surface area contributed by atoms with Gasteiger partial charge in [-0.1, -0.05) is 29.8 Å². The van der Waals surface area contributed by atoms with Gasteiger partial charge in [0.25, 0.3) is 5.91 Å². The lowest BCUT2D eigenvalue weighted by Gasteiger charge is -2.26. The van der Waals surface area contributed by atoms with Crippen LogP contribution in [0.1, 0.15) is 24.0 Å². The van der Waals surface area contributed by atoms with Crippen molar-refractivity contribution in [2.45, 2.75) is 38.5 Å². The molecule has 1 aliphatic carbocycles. The molecule has 1 atom stereocenters. The van der Waals surface area contributed by atoms with Crippen LogP contribution in [0.15, 0.2) is 24.3 Å². The van der Waals surface area contributed by atoms with Crippen molar-refractivity contribution in [1.82, 2.24) is 4.90 Å². The monoisotopic (exact) mass is 262 g/mol. The van der Waals surface area contributed by atoms with E-state index >= 15 is 0 Å². The Morgan fingerprint density at radius 1 is 1.53 bits per heavy atom. The summed E-state index contributed by atoms with van der Waals surface area (Å²) in [6.07, 6.45) is 1.64. The molecule has 0 aromatic heterocycles. The predicted molar refractivity (Wildman–Crippen MR) is 74.6 cm³/mol. The third kappa shape index (κ3) is 3.55. The highest BCUT2D eigenvalue weighted by atomic mass is 16.5. The van der Waals surface area contributed by atoms with Gasteiger partial charge in [0, 0.05) is 26.2 Å². The smallest absolute Gasteiger partial charge is 0.253 e. The highest BCUT2D eigenvalue weighted by Gasteiger charge is 2.35. The van der Waals surface area contributed by atoms with Gasteiger partial charge in [0.2, 0.25) is 0 Å². The molecule has 0 heterocycles. The first-order valence-electron chi connectivity index (χ1n) is 6.74. The largest absolute Gasteiger partial charge is 0.370 e. The number of hydrogen-bond acceptors (Lipinski definition) is 3. The van der Waals surface area contributed by atoms with E-state index in [-0.39, 0.29) is 12.5 Å². The van der Waals surface area contributed by atoms with Crippen LogP contribution in [0, 0.1) is 6.92 Å². The molecule has 1 aromatic carbocycles. The van der Waals surface area contributed by atoms with Crippen LogP contribution in [-0.2, 0) is 16.1 Å².